The molecule has 1 aliphatic carbocycles. The summed E-state index contributed by atoms with van der Waals surface area (Å²) in [5.74, 6) is 0.295. The predicted molar refractivity (Wildman–Crippen MR) is 86.8 cm³/mol. The fourth-order valence-electron chi connectivity index (χ4n) is 3.36. The Morgan fingerprint density at radius 2 is 1.91 bits per heavy atom. The van der Waals surface area contributed by atoms with Crippen LogP contribution in [0.1, 0.15) is 43.8 Å². The third-order valence-electron chi connectivity index (χ3n) is 4.72. The van der Waals surface area contributed by atoms with Crippen LogP contribution >= 0.6 is 0 Å². The highest BCUT2D eigenvalue weighted by Gasteiger charge is 2.32. The first-order valence-corrected chi connectivity index (χ1v) is 8.52. The van der Waals surface area contributed by atoms with Crippen LogP contribution in [0.2, 0.25) is 0 Å². The number of carbonyl (C=O) groups is 2. The lowest BCUT2D eigenvalue weighted by molar-refractivity contribution is -0.125. The molecule has 1 atom stereocenters. The lowest BCUT2D eigenvalue weighted by atomic mass is 9.89. The van der Waals surface area contributed by atoms with Gasteiger partial charge >= 0.3 is 6.09 Å². The van der Waals surface area contributed by atoms with Crippen LogP contribution in [0.25, 0.3) is 0 Å². The molecule has 1 saturated heterocycles. The van der Waals surface area contributed by atoms with E-state index in [9.17, 15) is 9.59 Å². The summed E-state index contributed by atoms with van der Waals surface area (Å²) >= 11 is 0. The lowest BCUT2D eigenvalue weighted by Crippen LogP contribution is -2.38. The van der Waals surface area contributed by atoms with Crippen molar-refractivity contribution in [3.05, 3.63) is 35.9 Å². The van der Waals surface area contributed by atoms with Crippen molar-refractivity contribution >= 4 is 12.0 Å². The Labute approximate surface area is 137 Å². The first-order chi connectivity index (χ1) is 11.2. The second-order valence-corrected chi connectivity index (χ2v) is 6.36. The van der Waals surface area contributed by atoms with Crippen LogP contribution in [0.5, 0.6) is 0 Å². The van der Waals surface area contributed by atoms with E-state index in [1.807, 2.05) is 30.3 Å². The van der Waals surface area contributed by atoms with E-state index in [1.54, 1.807) is 4.90 Å². The summed E-state index contributed by atoms with van der Waals surface area (Å²) in [4.78, 5) is 25.7. The zero-order valence-corrected chi connectivity index (χ0v) is 13.4. The van der Waals surface area contributed by atoms with E-state index in [0.29, 0.717) is 19.6 Å². The third-order valence-corrected chi connectivity index (χ3v) is 4.72. The Kier molecular flexibility index (Phi) is 5.16. The van der Waals surface area contributed by atoms with Crippen molar-refractivity contribution in [3.8, 4) is 0 Å². The van der Waals surface area contributed by atoms with Gasteiger partial charge in [-0.25, -0.2) is 4.79 Å². The fourth-order valence-corrected chi connectivity index (χ4v) is 3.36. The van der Waals surface area contributed by atoms with Crippen LogP contribution in [0.15, 0.2) is 30.3 Å². The Balaban J connectivity index is 1.43. The molecule has 1 heterocycles. The monoisotopic (exact) mass is 316 g/mol. The molecule has 1 aliphatic heterocycles. The SMILES string of the molecule is O=C(NCCN1CC(c2ccccc2)OC1=O)C1CCCCC1. The van der Waals surface area contributed by atoms with Crippen LogP contribution in [-0.4, -0.2) is 36.5 Å². The van der Waals surface area contributed by atoms with Gasteiger partial charge in [-0.15, -0.1) is 0 Å². The number of nitrogens with one attached hydrogen (secondary N) is 1. The average Bonchev–Trinajstić information content (AvgIpc) is 2.97. The Hall–Kier alpha value is -2.04. The Morgan fingerprint density at radius 3 is 2.65 bits per heavy atom. The van der Waals surface area contributed by atoms with E-state index in [-0.39, 0.29) is 24.0 Å². The summed E-state index contributed by atoms with van der Waals surface area (Å²) in [6.45, 7) is 1.54. The number of benzene rings is 1. The van der Waals surface area contributed by atoms with Crippen molar-refractivity contribution in [3.63, 3.8) is 0 Å². The molecule has 0 spiro atoms. The van der Waals surface area contributed by atoms with Gasteiger partial charge in [0.05, 0.1) is 6.54 Å². The van der Waals surface area contributed by atoms with E-state index in [1.165, 1.54) is 6.42 Å². The van der Waals surface area contributed by atoms with Crippen molar-refractivity contribution in [2.24, 2.45) is 5.92 Å². The molecule has 124 valence electrons. The number of hydrogen-bond acceptors (Lipinski definition) is 3. The largest absolute Gasteiger partial charge is 0.439 e. The van der Waals surface area contributed by atoms with Gasteiger partial charge in [-0.1, -0.05) is 49.6 Å². The summed E-state index contributed by atoms with van der Waals surface area (Å²) in [6.07, 6.45) is 5.01. The molecular formula is C18H24N2O3. The van der Waals surface area contributed by atoms with Gasteiger partial charge in [-0.3, -0.25) is 4.79 Å². The summed E-state index contributed by atoms with van der Waals surface area (Å²) in [6, 6.07) is 9.75. The maximum Gasteiger partial charge on any atom is 0.410 e. The van der Waals surface area contributed by atoms with E-state index < -0.39 is 0 Å². The molecule has 1 aromatic carbocycles. The average molecular weight is 316 g/mol. The number of nitrogens with zero attached hydrogens (tertiary/aromatic N) is 1. The lowest BCUT2D eigenvalue weighted by Gasteiger charge is -2.21. The first kappa shape index (κ1) is 15.8. The second-order valence-electron chi connectivity index (χ2n) is 6.36. The third kappa shape index (κ3) is 4.03. The van der Waals surface area contributed by atoms with Crippen LogP contribution in [0.3, 0.4) is 0 Å². The highest BCUT2D eigenvalue weighted by molar-refractivity contribution is 5.78. The number of cyclic esters (lactones) is 1. The van der Waals surface area contributed by atoms with Gasteiger partial charge in [0.2, 0.25) is 5.91 Å². The van der Waals surface area contributed by atoms with Gasteiger partial charge in [0.1, 0.15) is 6.10 Å². The maximum absolute atomic E-state index is 12.1. The fraction of sp³-hybridized carbons (Fsp3) is 0.556. The van der Waals surface area contributed by atoms with E-state index in [2.05, 4.69) is 5.32 Å². The first-order valence-electron chi connectivity index (χ1n) is 8.52. The molecule has 0 aromatic heterocycles. The second kappa shape index (κ2) is 7.49. The zero-order chi connectivity index (χ0) is 16.1. The minimum atomic E-state index is -0.300. The quantitative estimate of drug-likeness (QED) is 0.908. The number of hydrogen-bond donors (Lipinski definition) is 1. The Bertz CT molecular complexity index is 540. The summed E-state index contributed by atoms with van der Waals surface area (Å²) in [7, 11) is 0. The molecule has 3 rings (SSSR count). The number of ether oxygens (including phenoxy) is 1. The summed E-state index contributed by atoms with van der Waals surface area (Å²) < 4.78 is 5.41. The van der Waals surface area contributed by atoms with E-state index in [4.69, 9.17) is 4.74 Å². The van der Waals surface area contributed by atoms with Crippen molar-refractivity contribution < 1.29 is 14.3 Å². The summed E-state index contributed by atoms with van der Waals surface area (Å²) in [5.41, 5.74) is 1.01. The molecule has 2 aliphatic rings. The molecule has 1 saturated carbocycles. The molecule has 5 heteroatoms. The number of amides is 2. The normalized spacial score (nSPS) is 22.0. The van der Waals surface area contributed by atoms with Crippen molar-refractivity contribution in [2.75, 3.05) is 19.6 Å². The van der Waals surface area contributed by atoms with Crippen LogP contribution in [0, 0.1) is 5.92 Å². The van der Waals surface area contributed by atoms with Gasteiger partial charge < -0.3 is 15.0 Å². The van der Waals surface area contributed by atoms with Gasteiger partial charge in [0, 0.05) is 19.0 Å². The molecule has 0 radical (unpaired) electrons. The topological polar surface area (TPSA) is 58.6 Å². The minimum absolute atomic E-state index is 0.136. The molecule has 23 heavy (non-hydrogen) atoms. The van der Waals surface area contributed by atoms with Crippen LogP contribution in [0.4, 0.5) is 4.79 Å². The maximum atomic E-state index is 12.1. The number of carbonyl (C=O) groups excluding carboxylic acids is 2. The summed E-state index contributed by atoms with van der Waals surface area (Å²) in [5, 5.41) is 2.97. The molecule has 1 aromatic rings. The van der Waals surface area contributed by atoms with E-state index in [0.717, 1.165) is 31.2 Å². The molecule has 1 unspecified atom stereocenters. The van der Waals surface area contributed by atoms with Gasteiger partial charge in [0.15, 0.2) is 0 Å². The highest BCUT2D eigenvalue weighted by Crippen LogP contribution is 2.26. The van der Waals surface area contributed by atoms with Gasteiger partial charge in [-0.05, 0) is 18.4 Å². The van der Waals surface area contributed by atoms with Crippen LogP contribution in [-0.2, 0) is 9.53 Å². The standard InChI is InChI=1S/C18H24N2O3/c21-17(15-9-5-2-6-10-15)19-11-12-20-13-16(23-18(20)22)14-7-3-1-4-8-14/h1,3-4,7-8,15-16H,2,5-6,9-13H2,(H,19,21). The smallest absolute Gasteiger partial charge is 0.410 e. The number of rotatable bonds is 5. The van der Waals surface area contributed by atoms with Crippen molar-refractivity contribution in [2.45, 2.75) is 38.2 Å². The molecule has 1 N–H and O–H groups in total. The predicted octanol–water partition coefficient (Wildman–Crippen LogP) is 2.88. The Morgan fingerprint density at radius 1 is 1.17 bits per heavy atom. The molecule has 0 bridgehead atoms. The molecular weight excluding hydrogens is 292 g/mol. The van der Waals surface area contributed by atoms with Crippen LogP contribution < -0.4 is 5.32 Å². The zero-order valence-electron chi connectivity index (χ0n) is 13.4. The van der Waals surface area contributed by atoms with Crippen molar-refractivity contribution in [1.82, 2.24) is 10.2 Å². The highest BCUT2D eigenvalue weighted by atomic mass is 16.6. The van der Waals surface area contributed by atoms with Crippen molar-refractivity contribution in [1.29, 1.82) is 0 Å². The van der Waals surface area contributed by atoms with E-state index >= 15 is 0 Å². The van der Waals surface area contributed by atoms with Gasteiger partial charge in [0.25, 0.3) is 0 Å². The minimum Gasteiger partial charge on any atom is -0.439 e. The molecule has 2 fully saturated rings. The molecule has 5 nitrogen and oxygen atoms in total. The molecule has 2 amide bonds. The van der Waals surface area contributed by atoms with Gasteiger partial charge in [-0.2, -0.15) is 0 Å².